The number of para-hydroxylation sites is 2. The number of rotatable bonds is 4. The quantitative estimate of drug-likeness (QED) is 0.594. The van der Waals surface area contributed by atoms with Gasteiger partial charge in [0.15, 0.2) is 0 Å². The Labute approximate surface area is 151 Å². The van der Waals surface area contributed by atoms with Crippen molar-refractivity contribution in [2.24, 2.45) is 0 Å². The van der Waals surface area contributed by atoms with Crippen molar-refractivity contribution < 1.29 is 0 Å². The van der Waals surface area contributed by atoms with Crippen LogP contribution in [0.25, 0.3) is 11.0 Å². The Kier molecular flexibility index (Phi) is 4.17. The lowest BCUT2D eigenvalue weighted by molar-refractivity contribution is 0.769. The van der Waals surface area contributed by atoms with E-state index in [1.807, 2.05) is 36.4 Å². The molecule has 4 aromatic rings. The van der Waals surface area contributed by atoms with Crippen LogP contribution in [0.1, 0.15) is 5.01 Å². The number of aromatic nitrogens is 4. The summed E-state index contributed by atoms with van der Waals surface area (Å²) in [6.07, 6.45) is 1.33. The Balaban J connectivity index is 1.60. The minimum Gasteiger partial charge on any atom is -0.330 e. The molecule has 0 aliphatic rings. The molecule has 0 saturated carbocycles. The van der Waals surface area contributed by atoms with Gasteiger partial charge in [0.05, 0.1) is 23.8 Å². The summed E-state index contributed by atoms with van der Waals surface area (Å²) in [7, 11) is 0. The molecule has 0 spiro atoms. The van der Waals surface area contributed by atoms with Gasteiger partial charge >= 0.3 is 0 Å². The summed E-state index contributed by atoms with van der Waals surface area (Å²) >= 11 is 7.28. The normalized spacial score (nSPS) is 10.9. The maximum absolute atomic E-state index is 12.2. The maximum Gasteiger partial charge on any atom is 0.269 e. The molecule has 0 aliphatic heterocycles. The Bertz CT molecular complexity index is 1090. The molecule has 0 radical (unpaired) electrons. The summed E-state index contributed by atoms with van der Waals surface area (Å²) in [4.78, 5) is 16.4. The molecule has 0 fully saturated rings. The van der Waals surface area contributed by atoms with Crippen LogP contribution in [-0.4, -0.2) is 19.7 Å². The molecule has 0 unspecified atom stereocenters. The fourth-order valence-electron chi connectivity index (χ4n) is 2.44. The summed E-state index contributed by atoms with van der Waals surface area (Å²) in [5, 5.41) is 13.5. The van der Waals surface area contributed by atoms with E-state index >= 15 is 0 Å². The first kappa shape index (κ1) is 15.7. The van der Waals surface area contributed by atoms with Crippen LogP contribution in [0, 0.1) is 0 Å². The summed E-state index contributed by atoms with van der Waals surface area (Å²) in [5.74, 6) is 0. The highest BCUT2D eigenvalue weighted by Crippen LogP contribution is 2.23. The Morgan fingerprint density at radius 3 is 2.72 bits per heavy atom. The predicted molar refractivity (Wildman–Crippen MR) is 99.7 cm³/mol. The molecular formula is C17H12ClN5OS. The monoisotopic (exact) mass is 369 g/mol. The van der Waals surface area contributed by atoms with Gasteiger partial charge in [-0.25, -0.2) is 4.98 Å². The van der Waals surface area contributed by atoms with Gasteiger partial charge in [0.2, 0.25) is 5.13 Å². The van der Waals surface area contributed by atoms with E-state index in [0.29, 0.717) is 16.7 Å². The molecule has 4 rings (SSSR count). The average Bonchev–Trinajstić information content (AvgIpc) is 3.07. The highest BCUT2D eigenvalue weighted by atomic mass is 35.5. The van der Waals surface area contributed by atoms with Gasteiger partial charge in [0.25, 0.3) is 5.56 Å². The Morgan fingerprint density at radius 2 is 1.88 bits per heavy atom. The molecular weight excluding hydrogens is 358 g/mol. The van der Waals surface area contributed by atoms with Crippen molar-refractivity contribution in [3.05, 3.63) is 75.1 Å². The van der Waals surface area contributed by atoms with Crippen molar-refractivity contribution >= 4 is 44.8 Å². The van der Waals surface area contributed by atoms with E-state index in [1.54, 1.807) is 16.7 Å². The molecule has 0 aliphatic carbocycles. The summed E-state index contributed by atoms with van der Waals surface area (Å²) in [5.41, 5.74) is 2.25. The number of nitrogens with one attached hydrogen (secondary N) is 1. The number of hydrogen-bond acceptors (Lipinski definition) is 6. The lowest BCUT2D eigenvalue weighted by Crippen LogP contribution is -2.20. The van der Waals surface area contributed by atoms with Gasteiger partial charge in [-0.2, -0.15) is 0 Å². The first-order chi connectivity index (χ1) is 12.2. The van der Waals surface area contributed by atoms with Crippen molar-refractivity contribution in [3.63, 3.8) is 0 Å². The number of hydrogen-bond donors (Lipinski definition) is 1. The number of fused-ring (bicyclic) bond motifs is 1. The Hall–Kier alpha value is -2.77. The van der Waals surface area contributed by atoms with Crippen molar-refractivity contribution in [1.29, 1.82) is 0 Å². The lowest BCUT2D eigenvalue weighted by Gasteiger charge is -2.06. The van der Waals surface area contributed by atoms with Crippen LogP contribution in [0.15, 0.2) is 59.5 Å². The highest BCUT2D eigenvalue weighted by Gasteiger charge is 2.09. The second kappa shape index (κ2) is 6.62. The second-order valence-electron chi connectivity index (χ2n) is 5.30. The van der Waals surface area contributed by atoms with Crippen LogP contribution in [0.5, 0.6) is 0 Å². The van der Waals surface area contributed by atoms with Gasteiger partial charge < -0.3 is 5.32 Å². The van der Waals surface area contributed by atoms with Crippen LogP contribution in [-0.2, 0) is 6.54 Å². The SMILES string of the molecule is O=c1cnc2ccccc2n1Cc1nnc(Nc2ccc(Cl)cc2)s1. The molecule has 2 aromatic carbocycles. The fourth-order valence-corrected chi connectivity index (χ4v) is 3.31. The fraction of sp³-hybridized carbons (Fsp3) is 0.0588. The summed E-state index contributed by atoms with van der Waals surface area (Å²) < 4.78 is 1.65. The van der Waals surface area contributed by atoms with Gasteiger partial charge in [-0.3, -0.25) is 9.36 Å². The highest BCUT2D eigenvalue weighted by molar-refractivity contribution is 7.15. The van der Waals surface area contributed by atoms with Crippen LogP contribution in [0.4, 0.5) is 10.8 Å². The first-order valence-corrected chi connectivity index (χ1v) is 8.68. The zero-order valence-electron chi connectivity index (χ0n) is 12.9. The van der Waals surface area contributed by atoms with Crippen LogP contribution < -0.4 is 10.9 Å². The smallest absolute Gasteiger partial charge is 0.269 e. The maximum atomic E-state index is 12.2. The molecule has 1 N–H and O–H groups in total. The largest absolute Gasteiger partial charge is 0.330 e. The number of halogens is 1. The van der Waals surface area contributed by atoms with E-state index < -0.39 is 0 Å². The summed E-state index contributed by atoms with van der Waals surface area (Å²) in [6, 6.07) is 14.9. The average molecular weight is 370 g/mol. The van der Waals surface area contributed by atoms with Gasteiger partial charge in [-0.15, -0.1) is 10.2 Å². The second-order valence-corrected chi connectivity index (χ2v) is 6.80. The van der Waals surface area contributed by atoms with Gasteiger partial charge in [0.1, 0.15) is 5.01 Å². The third-order valence-electron chi connectivity index (χ3n) is 3.61. The molecule has 0 amide bonds. The number of anilines is 2. The van der Waals surface area contributed by atoms with Crippen LogP contribution >= 0.6 is 22.9 Å². The summed E-state index contributed by atoms with van der Waals surface area (Å²) in [6.45, 7) is 0.349. The van der Waals surface area contributed by atoms with Crippen molar-refractivity contribution in [3.8, 4) is 0 Å². The molecule has 0 bridgehead atoms. The van der Waals surface area contributed by atoms with Gasteiger partial charge in [0, 0.05) is 10.7 Å². The van der Waals surface area contributed by atoms with Crippen LogP contribution in [0.3, 0.4) is 0 Å². The molecule has 25 heavy (non-hydrogen) atoms. The zero-order chi connectivity index (χ0) is 17.2. The van der Waals surface area contributed by atoms with Gasteiger partial charge in [-0.05, 0) is 36.4 Å². The van der Waals surface area contributed by atoms with Crippen LogP contribution in [0.2, 0.25) is 5.02 Å². The van der Waals surface area contributed by atoms with E-state index in [1.165, 1.54) is 17.5 Å². The third-order valence-corrected chi connectivity index (χ3v) is 4.68. The van der Waals surface area contributed by atoms with E-state index in [2.05, 4.69) is 20.5 Å². The number of benzene rings is 2. The molecule has 6 nitrogen and oxygen atoms in total. The van der Waals surface area contributed by atoms with Crippen molar-refractivity contribution in [2.45, 2.75) is 6.54 Å². The van der Waals surface area contributed by atoms with Gasteiger partial charge in [-0.1, -0.05) is 35.1 Å². The molecule has 124 valence electrons. The molecule has 0 atom stereocenters. The van der Waals surface area contributed by atoms with Crippen molar-refractivity contribution in [1.82, 2.24) is 19.7 Å². The minimum absolute atomic E-state index is 0.166. The molecule has 0 saturated heterocycles. The standard InChI is InChI=1S/C17H12ClN5OS/c18-11-5-7-12(8-6-11)20-17-22-21-15(25-17)10-23-14-4-2-1-3-13(14)19-9-16(23)24/h1-9H,10H2,(H,20,22). The predicted octanol–water partition coefficient (Wildman–Crippen LogP) is 3.69. The molecule has 2 aromatic heterocycles. The molecule has 2 heterocycles. The minimum atomic E-state index is -0.166. The van der Waals surface area contributed by atoms with E-state index in [4.69, 9.17) is 11.6 Å². The first-order valence-electron chi connectivity index (χ1n) is 7.48. The van der Waals surface area contributed by atoms with E-state index in [-0.39, 0.29) is 5.56 Å². The van der Waals surface area contributed by atoms with E-state index in [0.717, 1.165) is 21.7 Å². The van der Waals surface area contributed by atoms with Crippen molar-refractivity contribution in [2.75, 3.05) is 5.32 Å². The third kappa shape index (κ3) is 3.38. The molecule has 8 heteroatoms. The zero-order valence-corrected chi connectivity index (χ0v) is 14.5. The lowest BCUT2D eigenvalue weighted by atomic mass is 10.3. The number of nitrogens with zero attached hydrogens (tertiary/aromatic N) is 4. The van der Waals surface area contributed by atoms with E-state index in [9.17, 15) is 4.79 Å². The topological polar surface area (TPSA) is 72.7 Å². The Morgan fingerprint density at radius 1 is 1.08 bits per heavy atom.